The molecule has 2 atom stereocenters. The number of rotatable bonds is 6. The van der Waals surface area contributed by atoms with Crippen LogP contribution in [0.1, 0.15) is 6.42 Å². The molecule has 3 aromatic rings. The fraction of sp³-hybridized carbons (Fsp3) is 0.360. The van der Waals surface area contributed by atoms with Gasteiger partial charge in [-0.3, -0.25) is 14.7 Å². The molecule has 6 rings (SSSR count). The molecule has 36 heavy (non-hydrogen) atoms. The highest BCUT2D eigenvalue weighted by Crippen LogP contribution is 2.36. The van der Waals surface area contributed by atoms with Crippen molar-refractivity contribution in [2.45, 2.75) is 23.4 Å². The maximum Gasteiger partial charge on any atom is 0.414 e. The molecule has 0 saturated carbocycles. The van der Waals surface area contributed by atoms with E-state index in [1.807, 2.05) is 42.6 Å². The first-order valence-electron chi connectivity index (χ1n) is 11.9. The van der Waals surface area contributed by atoms with Gasteiger partial charge in [0.25, 0.3) is 0 Å². The van der Waals surface area contributed by atoms with Gasteiger partial charge in [-0.1, -0.05) is 0 Å². The van der Waals surface area contributed by atoms with E-state index >= 15 is 0 Å². The standard InChI is InChI=1S/C25H26N6O4S/c1-34-23-5-3-18-24(29-23)20(6-8-26-18)30-9-7-15(12-30)27-11-17-13-35-25(33)31(17)16-2-4-21-19(10-16)28-22(32)14-36-21/h2-6,8,10,15,17,27H,7,9,11-14H2,1H3,(H,28,32)/t15-,17-/m0/s1. The van der Waals surface area contributed by atoms with E-state index in [2.05, 4.69) is 25.5 Å². The summed E-state index contributed by atoms with van der Waals surface area (Å²) in [6.07, 6.45) is 2.41. The van der Waals surface area contributed by atoms with Gasteiger partial charge in [0.15, 0.2) is 0 Å². The Morgan fingerprint density at radius 2 is 2.17 bits per heavy atom. The van der Waals surface area contributed by atoms with Crippen LogP contribution in [0.2, 0.25) is 0 Å². The van der Waals surface area contributed by atoms with Crippen LogP contribution >= 0.6 is 11.8 Å². The number of nitrogens with one attached hydrogen (secondary N) is 2. The number of thioether (sulfide) groups is 1. The molecule has 0 radical (unpaired) electrons. The quantitative estimate of drug-likeness (QED) is 0.522. The van der Waals surface area contributed by atoms with Gasteiger partial charge >= 0.3 is 6.09 Å². The minimum Gasteiger partial charge on any atom is -0.481 e. The third kappa shape index (κ3) is 4.28. The summed E-state index contributed by atoms with van der Waals surface area (Å²) in [6.45, 7) is 2.63. The Bertz CT molecular complexity index is 1340. The molecule has 3 aliphatic heterocycles. The van der Waals surface area contributed by atoms with Crippen LogP contribution in [-0.4, -0.2) is 73.2 Å². The zero-order chi connectivity index (χ0) is 24.6. The molecule has 2 saturated heterocycles. The van der Waals surface area contributed by atoms with Crippen molar-refractivity contribution >= 4 is 51.9 Å². The number of methoxy groups -OCH3 is 1. The number of amides is 2. The first-order chi connectivity index (χ1) is 17.6. The summed E-state index contributed by atoms with van der Waals surface area (Å²) < 4.78 is 10.7. The van der Waals surface area contributed by atoms with Crippen LogP contribution in [0.3, 0.4) is 0 Å². The molecular formula is C25H26N6O4S. The van der Waals surface area contributed by atoms with Gasteiger partial charge in [-0.05, 0) is 36.8 Å². The Morgan fingerprint density at radius 3 is 3.06 bits per heavy atom. The predicted molar refractivity (Wildman–Crippen MR) is 138 cm³/mol. The van der Waals surface area contributed by atoms with Crippen LogP contribution in [0.5, 0.6) is 5.88 Å². The average molecular weight is 507 g/mol. The number of fused-ring (bicyclic) bond motifs is 2. The Labute approximate surface area is 212 Å². The maximum absolute atomic E-state index is 12.6. The number of carbonyl (C=O) groups is 2. The van der Waals surface area contributed by atoms with Gasteiger partial charge < -0.3 is 25.0 Å². The molecule has 0 bridgehead atoms. The monoisotopic (exact) mass is 506 g/mol. The number of pyridine rings is 2. The van der Waals surface area contributed by atoms with E-state index in [9.17, 15) is 9.59 Å². The number of aromatic nitrogens is 2. The Balaban J connectivity index is 1.13. The Morgan fingerprint density at radius 1 is 1.25 bits per heavy atom. The minimum atomic E-state index is -0.368. The van der Waals surface area contributed by atoms with Gasteiger partial charge in [0.2, 0.25) is 11.8 Å². The summed E-state index contributed by atoms with van der Waals surface area (Å²) in [7, 11) is 1.61. The topological polar surface area (TPSA) is 109 Å². The summed E-state index contributed by atoms with van der Waals surface area (Å²) in [5, 5.41) is 6.53. The zero-order valence-corrected chi connectivity index (χ0v) is 20.6. The lowest BCUT2D eigenvalue weighted by Gasteiger charge is -2.25. The van der Waals surface area contributed by atoms with Crippen molar-refractivity contribution < 1.29 is 19.1 Å². The van der Waals surface area contributed by atoms with Gasteiger partial charge in [-0.2, -0.15) is 0 Å². The van der Waals surface area contributed by atoms with E-state index in [1.54, 1.807) is 12.0 Å². The number of cyclic esters (lactones) is 1. The highest BCUT2D eigenvalue weighted by Gasteiger charge is 2.36. The lowest BCUT2D eigenvalue weighted by molar-refractivity contribution is -0.113. The first kappa shape index (κ1) is 22.9. The minimum absolute atomic E-state index is 0.0340. The second kappa shape index (κ2) is 9.47. The molecule has 5 heterocycles. The number of hydrogen-bond acceptors (Lipinski definition) is 9. The molecule has 186 valence electrons. The van der Waals surface area contributed by atoms with Crippen LogP contribution in [-0.2, 0) is 9.53 Å². The lowest BCUT2D eigenvalue weighted by Crippen LogP contribution is -2.45. The van der Waals surface area contributed by atoms with E-state index in [4.69, 9.17) is 9.47 Å². The van der Waals surface area contributed by atoms with Crippen LogP contribution in [0.25, 0.3) is 11.0 Å². The van der Waals surface area contributed by atoms with Crippen molar-refractivity contribution in [2.24, 2.45) is 0 Å². The molecule has 2 aromatic heterocycles. The van der Waals surface area contributed by atoms with Crippen molar-refractivity contribution in [3.05, 3.63) is 42.6 Å². The summed E-state index contributed by atoms with van der Waals surface area (Å²) in [4.78, 5) is 38.4. The van der Waals surface area contributed by atoms with E-state index in [0.717, 1.165) is 52.5 Å². The summed E-state index contributed by atoms with van der Waals surface area (Å²) >= 11 is 1.50. The maximum atomic E-state index is 12.6. The molecule has 2 N–H and O–H groups in total. The van der Waals surface area contributed by atoms with Crippen molar-refractivity contribution in [1.29, 1.82) is 0 Å². The van der Waals surface area contributed by atoms with Gasteiger partial charge in [0.05, 0.1) is 35.8 Å². The summed E-state index contributed by atoms with van der Waals surface area (Å²) in [5.41, 5.74) is 4.17. The fourth-order valence-corrected chi connectivity index (χ4v) is 5.75. The first-order valence-corrected chi connectivity index (χ1v) is 12.9. The number of anilines is 3. The molecule has 0 spiro atoms. The molecule has 11 heteroatoms. The summed E-state index contributed by atoms with van der Waals surface area (Å²) in [5.74, 6) is 0.937. The zero-order valence-electron chi connectivity index (χ0n) is 19.8. The molecule has 10 nitrogen and oxygen atoms in total. The van der Waals surface area contributed by atoms with E-state index in [-0.39, 0.29) is 24.1 Å². The van der Waals surface area contributed by atoms with Crippen molar-refractivity contribution in [1.82, 2.24) is 15.3 Å². The normalized spacial score (nSPS) is 21.5. The van der Waals surface area contributed by atoms with Crippen LogP contribution in [0.15, 0.2) is 47.5 Å². The van der Waals surface area contributed by atoms with Gasteiger partial charge in [-0.15, -0.1) is 11.8 Å². The smallest absolute Gasteiger partial charge is 0.414 e. The third-order valence-electron chi connectivity index (χ3n) is 6.75. The fourth-order valence-electron chi connectivity index (χ4n) is 4.96. The summed E-state index contributed by atoms with van der Waals surface area (Å²) in [6, 6.07) is 11.6. The molecular weight excluding hydrogens is 480 g/mol. The molecule has 2 fully saturated rings. The van der Waals surface area contributed by atoms with Crippen LogP contribution in [0, 0.1) is 0 Å². The SMILES string of the molecule is COc1ccc2nccc(N3CC[C@H](NC[C@H]4COC(=O)N4c4ccc5c(c4)NC(=O)CS5)C3)c2n1. The number of benzene rings is 1. The van der Waals surface area contributed by atoms with Crippen molar-refractivity contribution in [3.8, 4) is 5.88 Å². The Kier molecular flexibility index (Phi) is 6.02. The van der Waals surface area contributed by atoms with Crippen molar-refractivity contribution in [3.63, 3.8) is 0 Å². The average Bonchev–Trinajstić information content (AvgIpc) is 3.52. The van der Waals surface area contributed by atoms with Gasteiger partial charge in [-0.25, -0.2) is 9.78 Å². The van der Waals surface area contributed by atoms with E-state index in [0.29, 0.717) is 24.8 Å². The predicted octanol–water partition coefficient (Wildman–Crippen LogP) is 2.88. The Hall–Kier alpha value is -3.57. The molecule has 1 aromatic carbocycles. The largest absolute Gasteiger partial charge is 0.481 e. The van der Waals surface area contributed by atoms with Crippen molar-refractivity contribution in [2.75, 3.05) is 54.2 Å². The van der Waals surface area contributed by atoms with E-state index in [1.165, 1.54) is 11.8 Å². The molecule has 0 unspecified atom stereocenters. The lowest BCUT2D eigenvalue weighted by atomic mass is 10.2. The van der Waals surface area contributed by atoms with Crippen LogP contribution < -0.4 is 25.2 Å². The number of hydrogen-bond donors (Lipinski definition) is 2. The highest BCUT2D eigenvalue weighted by atomic mass is 32.2. The third-order valence-corrected chi connectivity index (χ3v) is 7.83. The van der Waals surface area contributed by atoms with Crippen LogP contribution in [0.4, 0.5) is 21.9 Å². The van der Waals surface area contributed by atoms with E-state index < -0.39 is 0 Å². The number of nitrogens with zero attached hydrogens (tertiary/aromatic N) is 4. The highest BCUT2D eigenvalue weighted by molar-refractivity contribution is 8.00. The van der Waals surface area contributed by atoms with Gasteiger partial charge in [0, 0.05) is 48.5 Å². The molecule has 0 aliphatic carbocycles. The number of ether oxygens (including phenoxy) is 2. The second-order valence-corrected chi connectivity index (χ2v) is 10.0. The number of carbonyl (C=O) groups excluding carboxylic acids is 2. The second-order valence-electron chi connectivity index (χ2n) is 9.01. The molecule has 3 aliphatic rings. The van der Waals surface area contributed by atoms with Gasteiger partial charge in [0.1, 0.15) is 12.1 Å². The molecule has 2 amide bonds.